The molecule has 1 aliphatic heterocycles. The zero-order valence-electron chi connectivity index (χ0n) is 19.0. The second-order valence-corrected chi connectivity index (χ2v) is 12.5. The molecule has 2 fully saturated rings. The highest BCUT2D eigenvalue weighted by molar-refractivity contribution is 7.89. The molecule has 35 heavy (non-hydrogen) atoms. The lowest BCUT2D eigenvalue weighted by Crippen LogP contribution is -2.43. The van der Waals surface area contributed by atoms with Crippen LogP contribution in [0.25, 0.3) is 0 Å². The lowest BCUT2D eigenvalue weighted by molar-refractivity contribution is 0.309. The Balaban J connectivity index is 1.37. The van der Waals surface area contributed by atoms with Gasteiger partial charge in [-0.05, 0) is 92.1 Å². The van der Waals surface area contributed by atoms with Gasteiger partial charge in [0.2, 0.25) is 10.0 Å². The first-order valence-corrected chi connectivity index (χ1v) is 14.3. The van der Waals surface area contributed by atoms with Crippen molar-refractivity contribution in [3.8, 4) is 0 Å². The number of piperidine rings is 1. The average Bonchev–Trinajstić information content (AvgIpc) is 3.58. The molecule has 9 heteroatoms. The van der Waals surface area contributed by atoms with Crippen LogP contribution >= 0.6 is 34.8 Å². The maximum absolute atomic E-state index is 12.9. The molecule has 3 aromatic rings. The Morgan fingerprint density at radius 1 is 1.00 bits per heavy atom. The molecule has 1 aromatic heterocycles. The normalized spacial score (nSPS) is 21.6. The molecule has 0 bridgehead atoms. The quantitative estimate of drug-likeness (QED) is 0.347. The zero-order chi connectivity index (χ0) is 24.6. The van der Waals surface area contributed by atoms with Crippen molar-refractivity contribution in [1.29, 1.82) is 0 Å². The van der Waals surface area contributed by atoms with E-state index in [0.717, 1.165) is 49.9 Å². The number of anilines is 1. The Bertz CT molecular complexity index is 1300. The van der Waals surface area contributed by atoms with Crippen molar-refractivity contribution in [3.63, 3.8) is 0 Å². The van der Waals surface area contributed by atoms with E-state index >= 15 is 0 Å². The monoisotopic (exact) mass is 549 g/mol. The van der Waals surface area contributed by atoms with Gasteiger partial charge in [0.25, 0.3) is 0 Å². The third-order valence-electron chi connectivity index (χ3n) is 6.99. The topological polar surface area (TPSA) is 62.3 Å². The summed E-state index contributed by atoms with van der Waals surface area (Å²) in [5, 5.41) is 1.95. The predicted octanol–water partition coefficient (Wildman–Crippen LogP) is 6.90. The van der Waals surface area contributed by atoms with Crippen molar-refractivity contribution >= 4 is 50.5 Å². The first kappa shape index (κ1) is 24.8. The van der Waals surface area contributed by atoms with Gasteiger partial charge in [-0.3, -0.25) is 4.98 Å². The van der Waals surface area contributed by atoms with E-state index < -0.39 is 15.6 Å². The molecule has 184 valence electrons. The average molecular weight is 551 g/mol. The van der Waals surface area contributed by atoms with E-state index in [-0.39, 0.29) is 10.9 Å². The molecule has 5 rings (SSSR count). The lowest BCUT2D eigenvalue weighted by Gasteiger charge is -2.43. The third kappa shape index (κ3) is 5.62. The Labute approximate surface area is 221 Å². The van der Waals surface area contributed by atoms with Crippen LogP contribution in [-0.4, -0.2) is 25.5 Å². The van der Waals surface area contributed by atoms with Crippen molar-refractivity contribution in [3.05, 3.63) is 87.6 Å². The number of nitrogens with one attached hydrogen (secondary N) is 1. The highest BCUT2D eigenvalue weighted by atomic mass is 35.5. The van der Waals surface area contributed by atoms with Crippen LogP contribution in [0, 0.1) is 5.92 Å². The molecule has 0 amide bonds. The van der Waals surface area contributed by atoms with Crippen LogP contribution < -0.4 is 9.62 Å². The van der Waals surface area contributed by atoms with Crippen LogP contribution in [0.4, 0.5) is 5.69 Å². The Morgan fingerprint density at radius 2 is 1.74 bits per heavy atom. The van der Waals surface area contributed by atoms with E-state index in [1.54, 1.807) is 24.4 Å². The third-order valence-corrected chi connectivity index (χ3v) is 9.37. The summed E-state index contributed by atoms with van der Waals surface area (Å²) in [6.45, 7) is 0.793. The zero-order valence-corrected chi connectivity index (χ0v) is 22.1. The molecule has 2 atom stereocenters. The number of halogens is 3. The minimum atomic E-state index is -3.61. The van der Waals surface area contributed by atoms with Crippen LogP contribution in [0.2, 0.25) is 15.1 Å². The van der Waals surface area contributed by atoms with Crippen LogP contribution in [0.15, 0.2) is 71.9 Å². The van der Waals surface area contributed by atoms with E-state index in [1.807, 2.05) is 36.4 Å². The Kier molecular flexibility index (Phi) is 7.03. The number of hydrogen-bond donors (Lipinski definition) is 1. The minimum Gasteiger partial charge on any atom is -0.364 e. The summed E-state index contributed by atoms with van der Waals surface area (Å²) >= 11 is 18.9. The fraction of sp³-hybridized carbons (Fsp3) is 0.346. The van der Waals surface area contributed by atoms with Gasteiger partial charge in [0, 0.05) is 45.2 Å². The highest BCUT2D eigenvalue weighted by Crippen LogP contribution is 2.47. The summed E-state index contributed by atoms with van der Waals surface area (Å²) in [5.74, 6) is 0.326. The van der Waals surface area contributed by atoms with Crippen molar-refractivity contribution in [1.82, 2.24) is 9.71 Å². The molecule has 1 N–H and O–H groups in total. The maximum atomic E-state index is 12.9. The van der Waals surface area contributed by atoms with Crippen LogP contribution in [0.1, 0.15) is 43.7 Å². The van der Waals surface area contributed by atoms with Gasteiger partial charge in [0.15, 0.2) is 0 Å². The molecule has 1 saturated heterocycles. The number of hydrogen-bond acceptors (Lipinski definition) is 4. The summed E-state index contributed by atoms with van der Waals surface area (Å²) in [6.07, 6.45) is 7.32. The van der Waals surface area contributed by atoms with Gasteiger partial charge in [0.05, 0.1) is 6.04 Å². The molecular formula is C26H26Cl3N3O2S. The van der Waals surface area contributed by atoms with Gasteiger partial charge in [-0.25, -0.2) is 13.1 Å². The van der Waals surface area contributed by atoms with Gasteiger partial charge in [-0.15, -0.1) is 0 Å². The number of aromatic nitrogens is 1. The van der Waals surface area contributed by atoms with Crippen molar-refractivity contribution in [2.24, 2.45) is 5.92 Å². The second-order valence-electron chi connectivity index (χ2n) is 9.53. The first-order valence-electron chi connectivity index (χ1n) is 11.7. The number of pyridine rings is 1. The van der Waals surface area contributed by atoms with Crippen LogP contribution in [-0.2, 0) is 10.0 Å². The van der Waals surface area contributed by atoms with Crippen molar-refractivity contribution in [2.45, 2.75) is 48.6 Å². The molecule has 1 saturated carbocycles. The molecule has 1 aliphatic carbocycles. The van der Waals surface area contributed by atoms with Gasteiger partial charge in [0.1, 0.15) is 4.90 Å². The number of benzene rings is 2. The molecule has 0 unspecified atom stereocenters. The van der Waals surface area contributed by atoms with Gasteiger partial charge < -0.3 is 4.90 Å². The first-order chi connectivity index (χ1) is 16.7. The molecular weight excluding hydrogens is 525 g/mol. The molecule has 2 aliphatic rings. The largest absolute Gasteiger partial charge is 0.364 e. The standard InChI is InChI=1S/C26H26Cl3N3O2S/c27-19-4-7-21(8-5-19)32-17-18(3-10-25(32)23-9-6-20(28)14-24(23)29)15-26(11-12-26)31-35(33,34)22-2-1-13-30-16-22/h1-2,4-9,13-14,16,18,25,31H,3,10-12,15,17H2/t18-,25-/m1/s1. The highest BCUT2D eigenvalue weighted by Gasteiger charge is 2.48. The minimum absolute atomic E-state index is 0.0967. The summed E-state index contributed by atoms with van der Waals surface area (Å²) in [6, 6.07) is 16.8. The summed E-state index contributed by atoms with van der Waals surface area (Å²) in [4.78, 5) is 6.53. The number of sulfonamides is 1. The SMILES string of the molecule is O=S(=O)(NC1(C[C@H]2CC[C@H](c3ccc(Cl)cc3Cl)N(c3ccc(Cl)cc3)C2)CC1)c1cccnc1. The molecule has 2 aromatic carbocycles. The summed E-state index contributed by atoms with van der Waals surface area (Å²) in [7, 11) is -3.61. The smallest absolute Gasteiger partial charge is 0.242 e. The fourth-order valence-electron chi connectivity index (χ4n) is 5.13. The lowest BCUT2D eigenvalue weighted by atomic mass is 9.84. The molecule has 5 nitrogen and oxygen atoms in total. The molecule has 0 spiro atoms. The predicted molar refractivity (Wildman–Crippen MR) is 142 cm³/mol. The van der Waals surface area contributed by atoms with Crippen LogP contribution in [0.3, 0.4) is 0 Å². The van der Waals surface area contributed by atoms with Gasteiger partial charge >= 0.3 is 0 Å². The fourth-order valence-corrected chi connectivity index (χ4v) is 7.22. The van der Waals surface area contributed by atoms with Crippen LogP contribution in [0.5, 0.6) is 0 Å². The van der Waals surface area contributed by atoms with E-state index in [0.29, 0.717) is 21.0 Å². The van der Waals surface area contributed by atoms with E-state index in [2.05, 4.69) is 14.6 Å². The molecule has 0 radical (unpaired) electrons. The Hall–Kier alpha value is -1.83. The van der Waals surface area contributed by atoms with Gasteiger partial charge in [-0.2, -0.15) is 0 Å². The van der Waals surface area contributed by atoms with Crippen molar-refractivity contribution < 1.29 is 8.42 Å². The van der Waals surface area contributed by atoms with Gasteiger partial charge in [-0.1, -0.05) is 40.9 Å². The molecule has 2 heterocycles. The van der Waals surface area contributed by atoms with E-state index in [9.17, 15) is 8.42 Å². The maximum Gasteiger partial charge on any atom is 0.242 e. The van der Waals surface area contributed by atoms with Crippen molar-refractivity contribution in [2.75, 3.05) is 11.4 Å². The number of nitrogens with zero attached hydrogens (tertiary/aromatic N) is 2. The Morgan fingerprint density at radius 3 is 2.40 bits per heavy atom. The van der Waals surface area contributed by atoms with E-state index in [4.69, 9.17) is 34.8 Å². The summed E-state index contributed by atoms with van der Waals surface area (Å²) < 4.78 is 28.9. The summed E-state index contributed by atoms with van der Waals surface area (Å²) in [5.41, 5.74) is 1.72. The number of rotatable bonds is 7. The second kappa shape index (κ2) is 9.91. The van der Waals surface area contributed by atoms with E-state index in [1.165, 1.54) is 6.20 Å².